The third kappa shape index (κ3) is 2.62. The van der Waals surface area contributed by atoms with Crippen LogP contribution in [0, 0.1) is 5.92 Å². The Hall–Kier alpha value is -1.33. The van der Waals surface area contributed by atoms with E-state index in [1.807, 2.05) is 0 Å². The number of ketones is 2. The minimum Gasteiger partial charge on any atom is -0.383 e. The van der Waals surface area contributed by atoms with E-state index in [1.54, 1.807) is 19.0 Å². The molecule has 1 atom stereocenters. The molecule has 0 aliphatic heterocycles. The fourth-order valence-electron chi connectivity index (χ4n) is 1.67. The second kappa shape index (κ2) is 4.27. The van der Waals surface area contributed by atoms with Crippen molar-refractivity contribution in [1.29, 1.82) is 0 Å². The molecule has 1 aliphatic carbocycles. The monoisotopic (exact) mass is 235 g/mol. The van der Waals surface area contributed by atoms with Crippen LogP contribution in [0.1, 0.15) is 12.8 Å². The fraction of sp³-hybridized carbons (Fsp3) is 0.600. The largest absolute Gasteiger partial charge is 0.450 e. The van der Waals surface area contributed by atoms with E-state index in [0.717, 1.165) is 0 Å². The molecule has 1 fully saturated rings. The van der Waals surface area contributed by atoms with Gasteiger partial charge in [0.25, 0.3) is 0 Å². The van der Waals surface area contributed by atoms with Gasteiger partial charge in [-0.25, -0.2) is 0 Å². The van der Waals surface area contributed by atoms with Gasteiger partial charge in [-0.1, -0.05) is 0 Å². The van der Waals surface area contributed by atoms with Crippen LogP contribution in [-0.4, -0.2) is 36.7 Å². The van der Waals surface area contributed by atoms with Gasteiger partial charge in [-0.2, -0.15) is 13.2 Å². The smallest absolute Gasteiger partial charge is 0.383 e. The third-order valence-corrected chi connectivity index (χ3v) is 2.35. The van der Waals surface area contributed by atoms with Crippen LogP contribution in [0.3, 0.4) is 0 Å². The van der Waals surface area contributed by atoms with Gasteiger partial charge in [0.1, 0.15) is 0 Å². The predicted molar refractivity (Wildman–Crippen MR) is 50.6 cm³/mol. The maximum absolute atomic E-state index is 12.1. The first-order chi connectivity index (χ1) is 7.23. The minimum absolute atomic E-state index is 0.0448. The molecule has 1 unspecified atom stereocenters. The van der Waals surface area contributed by atoms with Crippen molar-refractivity contribution in [1.82, 2.24) is 4.90 Å². The van der Waals surface area contributed by atoms with Gasteiger partial charge < -0.3 is 4.90 Å². The SMILES string of the molecule is CN(C)/C=C1\CCC(C(=O)C(F)(F)F)C1=O. The zero-order valence-corrected chi connectivity index (χ0v) is 8.97. The highest BCUT2D eigenvalue weighted by molar-refractivity contribution is 6.13. The van der Waals surface area contributed by atoms with Gasteiger partial charge >= 0.3 is 6.18 Å². The topological polar surface area (TPSA) is 37.4 Å². The number of hydrogen-bond acceptors (Lipinski definition) is 3. The van der Waals surface area contributed by atoms with E-state index in [0.29, 0.717) is 0 Å². The number of alkyl halides is 3. The van der Waals surface area contributed by atoms with Crippen molar-refractivity contribution >= 4 is 11.6 Å². The number of carbonyl (C=O) groups excluding carboxylic acids is 2. The molecule has 1 aliphatic rings. The molecule has 16 heavy (non-hydrogen) atoms. The Morgan fingerprint density at radius 3 is 2.44 bits per heavy atom. The van der Waals surface area contributed by atoms with Crippen LogP contribution in [0.5, 0.6) is 0 Å². The highest BCUT2D eigenvalue weighted by Gasteiger charge is 2.48. The summed E-state index contributed by atoms with van der Waals surface area (Å²) in [6.45, 7) is 0. The van der Waals surface area contributed by atoms with Crippen molar-refractivity contribution in [2.45, 2.75) is 19.0 Å². The number of allylic oxidation sites excluding steroid dienone is 1. The number of halogens is 3. The molecule has 1 saturated carbocycles. The van der Waals surface area contributed by atoms with Crippen molar-refractivity contribution in [3.63, 3.8) is 0 Å². The Morgan fingerprint density at radius 2 is 2.00 bits per heavy atom. The van der Waals surface area contributed by atoms with Crippen LogP contribution < -0.4 is 0 Å². The molecule has 0 aromatic heterocycles. The molecule has 6 heteroatoms. The van der Waals surface area contributed by atoms with Crippen LogP contribution >= 0.6 is 0 Å². The van der Waals surface area contributed by atoms with Crippen molar-refractivity contribution in [3.05, 3.63) is 11.8 Å². The van der Waals surface area contributed by atoms with E-state index >= 15 is 0 Å². The number of Topliss-reactive ketones (excluding diaryl/α,β-unsaturated/α-hetero) is 2. The van der Waals surface area contributed by atoms with Gasteiger partial charge in [-0.3, -0.25) is 9.59 Å². The highest BCUT2D eigenvalue weighted by atomic mass is 19.4. The first kappa shape index (κ1) is 12.7. The van der Waals surface area contributed by atoms with Gasteiger partial charge in [0, 0.05) is 25.9 Å². The molecule has 0 radical (unpaired) electrons. The second-order valence-electron chi connectivity index (χ2n) is 3.94. The molecule has 0 N–H and O–H groups in total. The number of carbonyl (C=O) groups is 2. The van der Waals surface area contributed by atoms with Crippen LogP contribution in [0.15, 0.2) is 11.8 Å². The average molecular weight is 235 g/mol. The zero-order valence-electron chi connectivity index (χ0n) is 8.97. The second-order valence-corrected chi connectivity index (χ2v) is 3.94. The van der Waals surface area contributed by atoms with Gasteiger partial charge in [0.05, 0.1) is 5.92 Å². The van der Waals surface area contributed by atoms with E-state index in [1.165, 1.54) is 6.20 Å². The Morgan fingerprint density at radius 1 is 1.44 bits per heavy atom. The lowest BCUT2D eigenvalue weighted by atomic mass is 10.0. The van der Waals surface area contributed by atoms with Crippen LogP contribution in [0.4, 0.5) is 13.2 Å². The van der Waals surface area contributed by atoms with Crippen molar-refractivity contribution in [3.8, 4) is 0 Å². The molecule has 90 valence electrons. The quantitative estimate of drug-likeness (QED) is 0.538. The zero-order chi connectivity index (χ0) is 12.5. The van der Waals surface area contributed by atoms with Gasteiger partial charge in [0.15, 0.2) is 5.78 Å². The lowest BCUT2D eigenvalue weighted by Gasteiger charge is -2.10. The molecule has 0 saturated heterocycles. The van der Waals surface area contributed by atoms with Crippen molar-refractivity contribution < 1.29 is 22.8 Å². The summed E-state index contributed by atoms with van der Waals surface area (Å²) in [5.41, 5.74) is 0.285. The van der Waals surface area contributed by atoms with E-state index < -0.39 is 23.7 Å². The first-order valence-electron chi connectivity index (χ1n) is 4.76. The molecule has 1 rings (SSSR count). The molecular weight excluding hydrogens is 223 g/mol. The van der Waals surface area contributed by atoms with Crippen LogP contribution in [0.25, 0.3) is 0 Å². The standard InChI is InChI=1S/C10H12F3NO2/c1-14(2)5-6-3-4-7(8(6)15)9(16)10(11,12)13/h5,7H,3-4H2,1-2H3/b6-5+. The summed E-state index contributed by atoms with van der Waals surface area (Å²) < 4.78 is 36.4. The number of hydrogen-bond donors (Lipinski definition) is 0. The summed E-state index contributed by atoms with van der Waals surface area (Å²) in [4.78, 5) is 24.0. The Bertz CT molecular complexity index is 344. The summed E-state index contributed by atoms with van der Waals surface area (Å²) in [5.74, 6) is -4.16. The van der Waals surface area contributed by atoms with Gasteiger partial charge in [-0.05, 0) is 12.8 Å². The van der Waals surface area contributed by atoms with Gasteiger partial charge in [0.2, 0.25) is 5.78 Å². The van der Waals surface area contributed by atoms with E-state index in [2.05, 4.69) is 0 Å². The van der Waals surface area contributed by atoms with Crippen LogP contribution in [-0.2, 0) is 9.59 Å². The predicted octanol–water partition coefficient (Wildman–Crippen LogP) is 1.54. The maximum atomic E-state index is 12.1. The van der Waals surface area contributed by atoms with E-state index in [9.17, 15) is 22.8 Å². The Balaban J connectivity index is 2.84. The Kier molecular flexibility index (Phi) is 3.40. The molecule has 0 heterocycles. The normalized spacial score (nSPS) is 23.9. The summed E-state index contributed by atoms with van der Waals surface area (Å²) in [6, 6.07) is 0. The van der Waals surface area contributed by atoms with Gasteiger partial charge in [-0.15, -0.1) is 0 Å². The highest BCUT2D eigenvalue weighted by Crippen LogP contribution is 2.32. The van der Waals surface area contributed by atoms with E-state index in [-0.39, 0.29) is 18.4 Å². The maximum Gasteiger partial charge on any atom is 0.450 e. The van der Waals surface area contributed by atoms with Crippen LogP contribution in [0.2, 0.25) is 0 Å². The lowest BCUT2D eigenvalue weighted by molar-refractivity contribution is -0.176. The minimum atomic E-state index is -4.92. The molecule has 0 spiro atoms. The molecule has 3 nitrogen and oxygen atoms in total. The molecule has 0 aromatic rings. The molecule has 0 amide bonds. The average Bonchev–Trinajstić information content (AvgIpc) is 2.45. The van der Waals surface area contributed by atoms with Crippen molar-refractivity contribution in [2.75, 3.05) is 14.1 Å². The summed E-state index contributed by atoms with van der Waals surface area (Å²) in [5, 5.41) is 0. The fourth-order valence-corrected chi connectivity index (χ4v) is 1.67. The number of rotatable bonds is 2. The summed E-state index contributed by atoms with van der Waals surface area (Å²) in [6.07, 6.45) is -3.28. The Labute approximate surface area is 90.9 Å². The molecule has 0 bridgehead atoms. The van der Waals surface area contributed by atoms with E-state index in [4.69, 9.17) is 0 Å². The lowest BCUT2D eigenvalue weighted by Crippen LogP contribution is -2.33. The third-order valence-electron chi connectivity index (χ3n) is 2.35. The molecule has 0 aromatic carbocycles. The first-order valence-corrected chi connectivity index (χ1v) is 4.76. The number of nitrogens with zero attached hydrogens (tertiary/aromatic N) is 1. The molecular formula is C10H12F3NO2. The summed E-state index contributed by atoms with van der Waals surface area (Å²) in [7, 11) is 3.33. The summed E-state index contributed by atoms with van der Waals surface area (Å²) >= 11 is 0. The van der Waals surface area contributed by atoms with Crippen molar-refractivity contribution in [2.24, 2.45) is 5.92 Å².